The molecule has 3 aromatic rings. The first-order valence-electron chi connectivity index (χ1n) is 6.20. The Hall–Kier alpha value is -1.72. The molecule has 0 aliphatic carbocycles. The number of nitrogens with zero attached hydrogens (tertiary/aromatic N) is 3. The van der Waals surface area contributed by atoms with Crippen LogP contribution in [0.5, 0.6) is 0 Å². The van der Waals surface area contributed by atoms with Crippen LogP contribution in [-0.2, 0) is 0 Å². The van der Waals surface area contributed by atoms with Crippen molar-refractivity contribution in [2.75, 3.05) is 0 Å². The average molecular weight is 306 g/mol. The lowest BCUT2D eigenvalue weighted by molar-refractivity contribution is 0.111. The molecule has 0 N–H and O–H groups in total. The van der Waals surface area contributed by atoms with E-state index in [4.69, 9.17) is 11.6 Å². The molecule has 3 rings (SSSR count). The van der Waals surface area contributed by atoms with Crippen molar-refractivity contribution < 1.29 is 4.79 Å². The summed E-state index contributed by atoms with van der Waals surface area (Å²) in [5.41, 5.74) is 1.98. The first-order valence-corrected chi connectivity index (χ1v) is 7.40. The number of imidazole rings is 1. The monoisotopic (exact) mass is 305 g/mol. The maximum Gasteiger partial charge on any atom is 0.213 e. The maximum absolute atomic E-state index is 11.4. The summed E-state index contributed by atoms with van der Waals surface area (Å²) in [4.78, 5) is 16.7. The van der Waals surface area contributed by atoms with E-state index in [1.165, 1.54) is 11.3 Å². The fraction of sp³-hybridized carbons (Fsp3) is 0.214. The van der Waals surface area contributed by atoms with Gasteiger partial charge in [0.25, 0.3) is 0 Å². The zero-order valence-corrected chi connectivity index (χ0v) is 12.6. The molecule has 1 aromatic carbocycles. The molecule has 0 saturated heterocycles. The van der Waals surface area contributed by atoms with Gasteiger partial charge in [-0.3, -0.25) is 4.79 Å². The van der Waals surface area contributed by atoms with Crippen molar-refractivity contribution in [3.05, 3.63) is 40.0 Å². The molecule has 6 heteroatoms. The van der Waals surface area contributed by atoms with Gasteiger partial charge in [-0.15, -0.1) is 0 Å². The molecule has 2 aromatic heterocycles. The Morgan fingerprint density at radius 1 is 1.30 bits per heavy atom. The Balaban J connectivity index is 2.19. The third-order valence-corrected chi connectivity index (χ3v) is 4.44. The van der Waals surface area contributed by atoms with Gasteiger partial charge in [0.1, 0.15) is 16.4 Å². The second kappa shape index (κ2) is 5.00. The largest absolute Gasteiger partial charge is 0.296 e. The van der Waals surface area contributed by atoms with Crippen molar-refractivity contribution >= 4 is 34.2 Å². The van der Waals surface area contributed by atoms with E-state index < -0.39 is 0 Å². The minimum absolute atomic E-state index is 0.320. The van der Waals surface area contributed by atoms with Crippen LogP contribution in [0, 0.1) is 0 Å². The van der Waals surface area contributed by atoms with Crippen molar-refractivity contribution in [1.82, 2.24) is 14.6 Å². The van der Waals surface area contributed by atoms with E-state index in [1.54, 1.807) is 16.6 Å². The van der Waals surface area contributed by atoms with E-state index in [2.05, 4.69) is 23.9 Å². The molecule has 0 radical (unpaired) electrons. The van der Waals surface area contributed by atoms with Crippen molar-refractivity contribution in [3.8, 4) is 11.3 Å². The molecule has 4 nitrogen and oxygen atoms in total. The molecule has 0 amide bonds. The number of rotatable bonds is 3. The molecule has 0 aliphatic heterocycles. The van der Waals surface area contributed by atoms with Crippen LogP contribution in [0.25, 0.3) is 16.2 Å². The number of benzene rings is 1. The quantitative estimate of drug-likeness (QED) is 0.686. The van der Waals surface area contributed by atoms with Crippen LogP contribution in [0.15, 0.2) is 24.3 Å². The third-order valence-electron chi connectivity index (χ3n) is 2.98. The first kappa shape index (κ1) is 13.3. The van der Waals surface area contributed by atoms with E-state index in [0.29, 0.717) is 22.3 Å². The number of hydrogen-bond donors (Lipinski definition) is 0. The lowest BCUT2D eigenvalue weighted by Crippen LogP contribution is -1.96. The SMILES string of the molecule is CC(C)c1nn2c(C=O)c(-c3ccc(Cl)cc3)nc2s1. The van der Waals surface area contributed by atoms with E-state index in [9.17, 15) is 4.79 Å². The summed E-state index contributed by atoms with van der Waals surface area (Å²) in [5, 5.41) is 6.09. The van der Waals surface area contributed by atoms with Crippen LogP contribution in [-0.4, -0.2) is 20.9 Å². The Kier molecular flexibility index (Phi) is 3.31. The highest BCUT2D eigenvalue weighted by molar-refractivity contribution is 7.16. The average Bonchev–Trinajstić information content (AvgIpc) is 2.96. The van der Waals surface area contributed by atoms with Crippen molar-refractivity contribution in [3.63, 3.8) is 0 Å². The minimum atomic E-state index is 0.320. The summed E-state index contributed by atoms with van der Waals surface area (Å²) in [6, 6.07) is 7.27. The van der Waals surface area contributed by atoms with E-state index in [1.807, 2.05) is 12.1 Å². The zero-order valence-electron chi connectivity index (χ0n) is 11.0. The Morgan fingerprint density at radius 2 is 2.00 bits per heavy atom. The molecular weight excluding hydrogens is 294 g/mol. The van der Waals surface area contributed by atoms with Crippen LogP contribution in [0.2, 0.25) is 5.02 Å². The topological polar surface area (TPSA) is 47.3 Å². The number of hydrogen-bond acceptors (Lipinski definition) is 4. The second-order valence-electron chi connectivity index (χ2n) is 4.76. The van der Waals surface area contributed by atoms with Gasteiger partial charge in [-0.05, 0) is 12.1 Å². The number of halogens is 1. The predicted octanol–water partition coefficient (Wildman–Crippen LogP) is 4.05. The lowest BCUT2D eigenvalue weighted by atomic mass is 10.1. The highest BCUT2D eigenvalue weighted by Crippen LogP contribution is 2.29. The van der Waals surface area contributed by atoms with Gasteiger partial charge >= 0.3 is 0 Å². The summed E-state index contributed by atoms with van der Waals surface area (Å²) < 4.78 is 1.62. The highest BCUT2D eigenvalue weighted by atomic mass is 35.5. The van der Waals surface area contributed by atoms with Crippen molar-refractivity contribution in [1.29, 1.82) is 0 Å². The Labute approximate surface area is 125 Å². The fourth-order valence-electron chi connectivity index (χ4n) is 1.94. The molecular formula is C14H12ClN3OS. The second-order valence-corrected chi connectivity index (χ2v) is 6.18. The van der Waals surface area contributed by atoms with Gasteiger partial charge in [0.15, 0.2) is 6.29 Å². The Morgan fingerprint density at radius 3 is 2.60 bits per heavy atom. The van der Waals surface area contributed by atoms with Crippen LogP contribution in [0.1, 0.15) is 35.3 Å². The fourth-order valence-corrected chi connectivity index (χ4v) is 2.97. The van der Waals surface area contributed by atoms with E-state index in [-0.39, 0.29) is 0 Å². The lowest BCUT2D eigenvalue weighted by Gasteiger charge is -1.99. The number of aldehydes is 1. The number of fused-ring (bicyclic) bond motifs is 1. The molecule has 0 fully saturated rings. The molecule has 102 valence electrons. The van der Waals surface area contributed by atoms with Gasteiger partial charge in [0, 0.05) is 16.5 Å². The molecule has 0 unspecified atom stereocenters. The van der Waals surface area contributed by atoms with Gasteiger partial charge in [-0.2, -0.15) is 9.61 Å². The van der Waals surface area contributed by atoms with Gasteiger partial charge in [0.2, 0.25) is 4.96 Å². The van der Waals surface area contributed by atoms with Gasteiger partial charge in [-0.25, -0.2) is 4.98 Å². The van der Waals surface area contributed by atoms with Crippen LogP contribution in [0.3, 0.4) is 0 Å². The van der Waals surface area contributed by atoms with Gasteiger partial charge in [0.05, 0.1) is 0 Å². The third kappa shape index (κ3) is 2.13. The highest BCUT2D eigenvalue weighted by Gasteiger charge is 2.18. The number of carbonyl (C=O) groups excluding carboxylic acids is 1. The zero-order chi connectivity index (χ0) is 14.3. The molecule has 20 heavy (non-hydrogen) atoms. The summed E-state index contributed by atoms with van der Waals surface area (Å²) in [6.45, 7) is 4.14. The molecule has 0 saturated carbocycles. The van der Waals surface area contributed by atoms with Crippen LogP contribution >= 0.6 is 22.9 Å². The van der Waals surface area contributed by atoms with E-state index in [0.717, 1.165) is 21.8 Å². The molecule has 0 bridgehead atoms. The smallest absolute Gasteiger partial charge is 0.213 e. The summed E-state index contributed by atoms with van der Waals surface area (Å²) in [5.74, 6) is 0.320. The van der Waals surface area contributed by atoms with Gasteiger partial charge in [-0.1, -0.05) is 48.9 Å². The Bertz CT molecular complexity index is 774. The molecule has 2 heterocycles. The minimum Gasteiger partial charge on any atom is -0.296 e. The van der Waals surface area contributed by atoms with Crippen LogP contribution < -0.4 is 0 Å². The summed E-state index contributed by atoms with van der Waals surface area (Å²) in [6.07, 6.45) is 0.799. The van der Waals surface area contributed by atoms with Crippen LogP contribution in [0.4, 0.5) is 0 Å². The van der Waals surface area contributed by atoms with Gasteiger partial charge < -0.3 is 0 Å². The molecule has 0 aliphatic rings. The van der Waals surface area contributed by atoms with E-state index >= 15 is 0 Å². The number of carbonyl (C=O) groups is 1. The summed E-state index contributed by atoms with van der Waals surface area (Å²) in [7, 11) is 0. The first-order chi connectivity index (χ1) is 9.60. The summed E-state index contributed by atoms with van der Waals surface area (Å²) >= 11 is 7.39. The standard InChI is InChI=1S/C14H12ClN3OS/c1-8(2)13-17-18-11(7-19)12(16-14(18)20-13)9-3-5-10(15)6-4-9/h3-8H,1-2H3. The molecule has 0 atom stereocenters. The maximum atomic E-state index is 11.4. The normalized spacial score (nSPS) is 11.4. The van der Waals surface area contributed by atoms with Crippen molar-refractivity contribution in [2.45, 2.75) is 19.8 Å². The number of aromatic nitrogens is 3. The molecule has 0 spiro atoms. The predicted molar refractivity (Wildman–Crippen MR) is 80.8 cm³/mol. The van der Waals surface area contributed by atoms with Crippen molar-refractivity contribution in [2.24, 2.45) is 0 Å².